The second-order valence-corrected chi connectivity index (χ2v) is 5.46. The predicted octanol–water partition coefficient (Wildman–Crippen LogP) is 1.74. The van der Waals surface area contributed by atoms with Crippen molar-refractivity contribution in [2.75, 3.05) is 0 Å². The molecule has 1 aliphatic carbocycles. The van der Waals surface area contributed by atoms with Gasteiger partial charge in [-0.05, 0) is 32.6 Å². The Bertz CT molecular complexity index is 572. The lowest BCUT2D eigenvalue weighted by atomic mass is 9.84. The van der Waals surface area contributed by atoms with Crippen molar-refractivity contribution in [3.63, 3.8) is 0 Å². The normalized spacial score (nSPS) is 28.7. The largest absolute Gasteiger partial charge is 0.390 e. The van der Waals surface area contributed by atoms with E-state index in [9.17, 15) is 5.11 Å². The van der Waals surface area contributed by atoms with Gasteiger partial charge in [0.1, 0.15) is 6.33 Å². The molecule has 3 rings (SSSR count). The molecule has 0 unspecified atom stereocenters. The third kappa shape index (κ3) is 1.95. The van der Waals surface area contributed by atoms with Gasteiger partial charge in [-0.1, -0.05) is 16.8 Å². The zero-order valence-electron chi connectivity index (χ0n) is 10.0. The first kappa shape index (κ1) is 11.8. The SMILES string of the molecule is C[C@]1(O)CC[C@@H](n2nnc3c(Cl)ncnc32)CC1. The molecule has 0 aromatic carbocycles. The monoisotopic (exact) mass is 267 g/mol. The first-order valence-electron chi connectivity index (χ1n) is 6.01. The quantitative estimate of drug-likeness (QED) is 0.797. The van der Waals surface area contributed by atoms with Gasteiger partial charge < -0.3 is 5.11 Å². The lowest BCUT2D eigenvalue weighted by molar-refractivity contribution is 0.00875. The lowest BCUT2D eigenvalue weighted by Crippen LogP contribution is -2.31. The van der Waals surface area contributed by atoms with Gasteiger partial charge >= 0.3 is 0 Å². The molecule has 2 aromatic heterocycles. The Balaban J connectivity index is 1.94. The van der Waals surface area contributed by atoms with E-state index >= 15 is 0 Å². The first-order valence-corrected chi connectivity index (χ1v) is 6.38. The van der Waals surface area contributed by atoms with Crippen LogP contribution in [0.25, 0.3) is 11.2 Å². The maximum atomic E-state index is 9.96. The smallest absolute Gasteiger partial charge is 0.183 e. The number of hydrogen-bond donors (Lipinski definition) is 1. The van der Waals surface area contributed by atoms with Crippen LogP contribution in [0.2, 0.25) is 5.15 Å². The number of rotatable bonds is 1. The summed E-state index contributed by atoms with van der Waals surface area (Å²) in [5, 5.41) is 18.4. The van der Waals surface area contributed by atoms with E-state index in [1.54, 1.807) is 4.68 Å². The summed E-state index contributed by atoms with van der Waals surface area (Å²) in [6.07, 6.45) is 4.68. The maximum Gasteiger partial charge on any atom is 0.183 e. The van der Waals surface area contributed by atoms with Gasteiger partial charge in [0.25, 0.3) is 0 Å². The molecule has 1 aliphatic rings. The van der Waals surface area contributed by atoms with Crippen LogP contribution in [0.3, 0.4) is 0 Å². The third-order valence-electron chi connectivity index (χ3n) is 3.59. The van der Waals surface area contributed by atoms with Crippen LogP contribution in [0, 0.1) is 0 Å². The minimum atomic E-state index is -0.556. The molecule has 0 saturated heterocycles. The molecule has 1 N–H and O–H groups in total. The van der Waals surface area contributed by atoms with Gasteiger partial charge in [-0.15, -0.1) is 5.10 Å². The summed E-state index contributed by atoms with van der Waals surface area (Å²) in [6, 6.07) is 0.223. The molecule has 0 aliphatic heterocycles. The van der Waals surface area contributed by atoms with Crippen molar-refractivity contribution in [1.29, 1.82) is 0 Å². The Morgan fingerprint density at radius 2 is 2.11 bits per heavy atom. The Kier molecular flexibility index (Phi) is 2.71. The second kappa shape index (κ2) is 4.13. The molecule has 18 heavy (non-hydrogen) atoms. The molecule has 6 nitrogen and oxygen atoms in total. The molecule has 1 saturated carbocycles. The van der Waals surface area contributed by atoms with E-state index in [-0.39, 0.29) is 6.04 Å². The fraction of sp³-hybridized carbons (Fsp3) is 0.636. The zero-order chi connectivity index (χ0) is 12.8. The maximum absolute atomic E-state index is 9.96. The molecular formula is C11H14ClN5O. The predicted molar refractivity (Wildman–Crippen MR) is 66.3 cm³/mol. The van der Waals surface area contributed by atoms with E-state index in [1.807, 2.05) is 6.92 Å². The summed E-state index contributed by atoms with van der Waals surface area (Å²) in [7, 11) is 0. The Morgan fingerprint density at radius 3 is 2.83 bits per heavy atom. The van der Waals surface area contributed by atoms with E-state index < -0.39 is 5.60 Å². The van der Waals surface area contributed by atoms with Gasteiger partial charge in [-0.3, -0.25) is 0 Å². The zero-order valence-corrected chi connectivity index (χ0v) is 10.8. The van der Waals surface area contributed by atoms with Gasteiger partial charge in [-0.25, -0.2) is 14.6 Å². The molecule has 1 fully saturated rings. The van der Waals surface area contributed by atoms with Crippen LogP contribution < -0.4 is 0 Å². The van der Waals surface area contributed by atoms with Gasteiger partial charge in [0, 0.05) is 0 Å². The molecule has 0 amide bonds. The van der Waals surface area contributed by atoms with Crippen LogP contribution >= 0.6 is 11.6 Å². The Hall–Kier alpha value is -1.27. The lowest BCUT2D eigenvalue weighted by Gasteiger charge is -2.32. The molecule has 96 valence electrons. The van der Waals surface area contributed by atoms with Crippen LogP contribution in [-0.2, 0) is 0 Å². The molecule has 0 atom stereocenters. The number of aromatic nitrogens is 5. The summed E-state index contributed by atoms with van der Waals surface area (Å²) < 4.78 is 1.80. The highest BCUT2D eigenvalue weighted by atomic mass is 35.5. The van der Waals surface area contributed by atoms with Gasteiger partial charge in [0.05, 0.1) is 11.6 Å². The van der Waals surface area contributed by atoms with E-state index in [0.717, 1.165) is 25.7 Å². The van der Waals surface area contributed by atoms with E-state index in [0.29, 0.717) is 16.3 Å². The fourth-order valence-corrected chi connectivity index (χ4v) is 2.62. The van der Waals surface area contributed by atoms with Gasteiger partial charge in [0.2, 0.25) is 0 Å². The van der Waals surface area contributed by atoms with Crippen LogP contribution in [0.1, 0.15) is 38.6 Å². The molecule has 0 bridgehead atoms. The fourth-order valence-electron chi connectivity index (χ4n) is 2.45. The van der Waals surface area contributed by atoms with Crippen molar-refractivity contribution < 1.29 is 5.11 Å². The molecule has 2 heterocycles. The number of nitrogens with zero attached hydrogens (tertiary/aromatic N) is 5. The van der Waals surface area contributed by atoms with Crippen LogP contribution in [-0.4, -0.2) is 35.7 Å². The highest BCUT2D eigenvalue weighted by molar-refractivity contribution is 6.33. The molecule has 0 spiro atoms. The molecular weight excluding hydrogens is 254 g/mol. The van der Waals surface area contributed by atoms with Crippen LogP contribution in [0.5, 0.6) is 0 Å². The van der Waals surface area contributed by atoms with E-state index in [2.05, 4.69) is 20.3 Å². The minimum absolute atomic E-state index is 0.223. The standard InChI is InChI=1S/C11H14ClN5O/c1-11(18)4-2-7(3-5-11)17-10-8(15-16-17)9(12)13-6-14-10/h6-7,18H,2-5H2,1H3/t7-,11+. The molecule has 2 aromatic rings. The average Bonchev–Trinajstić information content (AvgIpc) is 2.74. The summed E-state index contributed by atoms with van der Waals surface area (Å²) >= 11 is 5.95. The highest BCUT2D eigenvalue weighted by Gasteiger charge is 2.31. The Labute approximate surface area is 109 Å². The summed E-state index contributed by atoms with van der Waals surface area (Å²) in [5.74, 6) is 0. The minimum Gasteiger partial charge on any atom is -0.390 e. The topological polar surface area (TPSA) is 76.7 Å². The van der Waals surface area contributed by atoms with E-state index in [1.165, 1.54) is 6.33 Å². The van der Waals surface area contributed by atoms with Crippen LogP contribution in [0.4, 0.5) is 0 Å². The summed E-state index contributed by atoms with van der Waals surface area (Å²) in [4.78, 5) is 8.08. The summed E-state index contributed by atoms with van der Waals surface area (Å²) in [5.41, 5.74) is 0.650. The number of aliphatic hydroxyl groups is 1. The van der Waals surface area contributed by atoms with Gasteiger partial charge in [-0.2, -0.15) is 0 Å². The van der Waals surface area contributed by atoms with Crippen molar-refractivity contribution in [1.82, 2.24) is 25.0 Å². The number of hydrogen-bond acceptors (Lipinski definition) is 5. The first-order chi connectivity index (χ1) is 8.57. The third-order valence-corrected chi connectivity index (χ3v) is 3.87. The molecule has 7 heteroatoms. The second-order valence-electron chi connectivity index (χ2n) is 5.10. The Morgan fingerprint density at radius 1 is 1.39 bits per heavy atom. The molecule has 0 radical (unpaired) electrons. The van der Waals surface area contributed by atoms with Crippen LogP contribution in [0.15, 0.2) is 6.33 Å². The van der Waals surface area contributed by atoms with Crippen molar-refractivity contribution >= 4 is 22.8 Å². The van der Waals surface area contributed by atoms with Gasteiger partial charge in [0.15, 0.2) is 16.3 Å². The van der Waals surface area contributed by atoms with Crippen molar-refractivity contribution in [3.05, 3.63) is 11.5 Å². The highest BCUT2D eigenvalue weighted by Crippen LogP contribution is 2.35. The number of halogens is 1. The van der Waals surface area contributed by atoms with E-state index in [4.69, 9.17) is 11.6 Å². The van der Waals surface area contributed by atoms with Crippen molar-refractivity contribution in [2.24, 2.45) is 0 Å². The average molecular weight is 268 g/mol. The van der Waals surface area contributed by atoms with Crippen molar-refractivity contribution in [3.8, 4) is 0 Å². The number of fused-ring (bicyclic) bond motifs is 1. The summed E-state index contributed by atoms with van der Waals surface area (Å²) in [6.45, 7) is 1.88. The van der Waals surface area contributed by atoms with Crippen molar-refractivity contribution in [2.45, 2.75) is 44.2 Å².